The standard InChI is InChI=1S/C24H23FN4O/c25-21-9-5-4-8-19(21)17-14-22-20(23(30)15-17)16-26-24(27-22)29-12-10-28(11-13-29)18-6-2-1-3-7-18/h1-9,16-17H,10-15H2/t17-/m0/s1. The van der Waals surface area contributed by atoms with E-state index < -0.39 is 0 Å². The fourth-order valence-electron chi connectivity index (χ4n) is 4.42. The second kappa shape index (κ2) is 7.86. The molecule has 1 atom stereocenters. The van der Waals surface area contributed by atoms with Crippen molar-refractivity contribution >= 4 is 17.4 Å². The van der Waals surface area contributed by atoms with E-state index in [-0.39, 0.29) is 17.5 Å². The molecule has 0 bridgehead atoms. The number of benzene rings is 2. The van der Waals surface area contributed by atoms with Gasteiger partial charge in [0.2, 0.25) is 5.95 Å². The summed E-state index contributed by atoms with van der Waals surface area (Å²) in [7, 11) is 0. The molecule has 1 aromatic heterocycles. The van der Waals surface area contributed by atoms with Crippen molar-refractivity contribution in [3.8, 4) is 0 Å². The molecule has 2 aliphatic rings. The SMILES string of the molecule is O=C1C[C@@H](c2ccccc2F)Cc2nc(N3CCN(c4ccccc4)CC3)ncc21. The molecule has 6 heteroatoms. The largest absolute Gasteiger partial charge is 0.368 e. The van der Waals surface area contributed by atoms with Crippen molar-refractivity contribution in [3.63, 3.8) is 0 Å². The number of carbonyl (C=O) groups excluding carboxylic acids is 1. The highest BCUT2D eigenvalue weighted by Gasteiger charge is 2.30. The molecule has 5 rings (SSSR count). The van der Waals surface area contributed by atoms with Gasteiger partial charge < -0.3 is 9.80 Å². The molecule has 0 saturated carbocycles. The number of carbonyl (C=O) groups is 1. The first kappa shape index (κ1) is 18.7. The molecule has 0 N–H and O–H groups in total. The van der Waals surface area contributed by atoms with Gasteiger partial charge in [0.05, 0.1) is 11.3 Å². The molecular weight excluding hydrogens is 379 g/mol. The van der Waals surface area contributed by atoms with Crippen molar-refractivity contribution in [2.24, 2.45) is 0 Å². The summed E-state index contributed by atoms with van der Waals surface area (Å²) in [5, 5.41) is 0. The van der Waals surface area contributed by atoms with Crippen LogP contribution in [0.2, 0.25) is 0 Å². The van der Waals surface area contributed by atoms with Gasteiger partial charge in [-0.05, 0) is 36.1 Å². The molecule has 152 valence electrons. The van der Waals surface area contributed by atoms with Crippen molar-refractivity contribution in [2.75, 3.05) is 36.0 Å². The van der Waals surface area contributed by atoms with Crippen LogP contribution < -0.4 is 9.80 Å². The summed E-state index contributed by atoms with van der Waals surface area (Å²) in [4.78, 5) is 26.4. The molecule has 1 saturated heterocycles. The zero-order valence-electron chi connectivity index (χ0n) is 16.7. The van der Waals surface area contributed by atoms with Crippen LogP contribution in [0.25, 0.3) is 0 Å². The Balaban J connectivity index is 1.34. The Morgan fingerprint density at radius 2 is 1.57 bits per heavy atom. The van der Waals surface area contributed by atoms with E-state index in [4.69, 9.17) is 4.98 Å². The number of aromatic nitrogens is 2. The number of fused-ring (bicyclic) bond motifs is 1. The van der Waals surface area contributed by atoms with Gasteiger partial charge >= 0.3 is 0 Å². The molecule has 1 aliphatic carbocycles. The minimum atomic E-state index is -0.259. The number of hydrogen-bond donors (Lipinski definition) is 0. The van der Waals surface area contributed by atoms with E-state index in [0.29, 0.717) is 29.9 Å². The van der Waals surface area contributed by atoms with E-state index in [2.05, 4.69) is 39.0 Å². The summed E-state index contributed by atoms with van der Waals surface area (Å²) in [5.74, 6) is 0.210. The third-order valence-electron chi connectivity index (χ3n) is 6.06. The highest BCUT2D eigenvalue weighted by Crippen LogP contribution is 2.33. The molecule has 3 aromatic rings. The Kier molecular flexibility index (Phi) is 4.91. The molecule has 5 nitrogen and oxygen atoms in total. The minimum absolute atomic E-state index is 0.00931. The van der Waals surface area contributed by atoms with Gasteiger partial charge in [-0.25, -0.2) is 14.4 Å². The topological polar surface area (TPSA) is 49.3 Å². The summed E-state index contributed by atoms with van der Waals surface area (Å²) < 4.78 is 14.3. The quantitative estimate of drug-likeness (QED) is 0.666. The van der Waals surface area contributed by atoms with E-state index in [0.717, 1.165) is 31.9 Å². The van der Waals surface area contributed by atoms with Crippen LogP contribution >= 0.6 is 0 Å². The second-order valence-electron chi connectivity index (χ2n) is 7.89. The predicted octanol–water partition coefficient (Wildman–Crippen LogP) is 3.86. The number of nitrogens with zero attached hydrogens (tertiary/aromatic N) is 4. The first-order valence-corrected chi connectivity index (χ1v) is 10.4. The van der Waals surface area contributed by atoms with Crippen LogP contribution in [0.1, 0.15) is 34.0 Å². The van der Waals surface area contributed by atoms with Gasteiger partial charge in [0.25, 0.3) is 0 Å². The van der Waals surface area contributed by atoms with Crippen LogP contribution in [0.3, 0.4) is 0 Å². The summed E-state index contributed by atoms with van der Waals surface area (Å²) in [6.45, 7) is 3.42. The maximum atomic E-state index is 14.3. The minimum Gasteiger partial charge on any atom is -0.368 e. The van der Waals surface area contributed by atoms with Gasteiger partial charge in [0.15, 0.2) is 5.78 Å². The van der Waals surface area contributed by atoms with Gasteiger partial charge in [-0.15, -0.1) is 0 Å². The van der Waals surface area contributed by atoms with Gasteiger partial charge in [-0.2, -0.15) is 0 Å². The number of para-hydroxylation sites is 1. The Bertz CT molecular complexity index is 1060. The van der Waals surface area contributed by atoms with Crippen LogP contribution in [-0.2, 0) is 6.42 Å². The Hall–Kier alpha value is -3.28. The number of piperazine rings is 1. The normalized spacial score (nSPS) is 19.0. The number of rotatable bonds is 3. The number of halogens is 1. The highest BCUT2D eigenvalue weighted by atomic mass is 19.1. The summed E-state index contributed by atoms with van der Waals surface area (Å²) in [5.41, 5.74) is 3.12. The van der Waals surface area contributed by atoms with Crippen LogP contribution in [0, 0.1) is 5.82 Å². The van der Waals surface area contributed by atoms with Gasteiger partial charge in [0, 0.05) is 44.5 Å². The average molecular weight is 402 g/mol. The number of Topliss-reactive ketones (excluding diaryl/α,β-unsaturated/α-hetero) is 1. The third kappa shape index (κ3) is 3.54. The highest BCUT2D eigenvalue weighted by molar-refractivity contribution is 5.98. The third-order valence-corrected chi connectivity index (χ3v) is 6.06. The predicted molar refractivity (Wildman–Crippen MR) is 115 cm³/mol. The number of ketones is 1. The lowest BCUT2D eigenvalue weighted by Gasteiger charge is -2.36. The van der Waals surface area contributed by atoms with E-state index >= 15 is 0 Å². The lowest BCUT2D eigenvalue weighted by molar-refractivity contribution is 0.0962. The summed E-state index contributed by atoms with van der Waals surface area (Å²) in [6, 6.07) is 17.1. The smallest absolute Gasteiger partial charge is 0.225 e. The number of hydrogen-bond acceptors (Lipinski definition) is 5. The molecule has 0 radical (unpaired) electrons. The van der Waals surface area contributed by atoms with Crippen LogP contribution in [-0.4, -0.2) is 41.9 Å². The van der Waals surface area contributed by atoms with E-state index in [1.54, 1.807) is 18.3 Å². The van der Waals surface area contributed by atoms with Crippen molar-refractivity contribution in [3.05, 3.63) is 83.4 Å². The molecule has 0 unspecified atom stereocenters. The van der Waals surface area contributed by atoms with Gasteiger partial charge in [0.1, 0.15) is 5.82 Å². The first-order chi connectivity index (χ1) is 14.7. The second-order valence-corrected chi connectivity index (χ2v) is 7.89. The molecule has 30 heavy (non-hydrogen) atoms. The van der Waals surface area contributed by atoms with Crippen molar-refractivity contribution in [2.45, 2.75) is 18.8 Å². The Morgan fingerprint density at radius 3 is 2.33 bits per heavy atom. The van der Waals surface area contributed by atoms with E-state index in [1.807, 2.05) is 12.1 Å². The maximum absolute atomic E-state index is 14.3. The molecule has 2 aromatic carbocycles. The van der Waals surface area contributed by atoms with Crippen LogP contribution in [0.15, 0.2) is 60.8 Å². The van der Waals surface area contributed by atoms with Crippen LogP contribution in [0.4, 0.5) is 16.0 Å². The molecule has 1 aliphatic heterocycles. The van der Waals surface area contributed by atoms with Gasteiger partial charge in [-0.3, -0.25) is 4.79 Å². The molecule has 0 amide bonds. The Labute approximate surface area is 175 Å². The van der Waals surface area contributed by atoms with Crippen molar-refractivity contribution < 1.29 is 9.18 Å². The van der Waals surface area contributed by atoms with Gasteiger partial charge in [-0.1, -0.05) is 36.4 Å². The summed E-state index contributed by atoms with van der Waals surface area (Å²) >= 11 is 0. The fourth-order valence-corrected chi connectivity index (χ4v) is 4.42. The van der Waals surface area contributed by atoms with Crippen molar-refractivity contribution in [1.82, 2.24) is 9.97 Å². The summed E-state index contributed by atoms with van der Waals surface area (Å²) in [6.07, 6.45) is 2.51. The molecular formula is C24H23FN4O. The zero-order valence-corrected chi connectivity index (χ0v) is 16.7. The first-order valence-electron chi connectivity index (χ1n) is 10.4. The zero-order chi connectivity index (χ0) is 20.5. The lowest BCUT2D eigenvalue weighted by atomic mass is 9.82. The van der Waals surface area contributed by atoms with Crippen LogP contribution in [0.5, 0.6) is 0 Å². The molecule has 0 spiro atoms. The lowest BCUT2D eigenvalue weighted by Crippen LogP contribution is -2.47. The fraction of sp³-hybridized carbons (Fsp3) is 0.292. The monoisotopic (exact) mass is 402 g/mol. The molecule has 2 heterocycles. The maximum Gasteiger partial charge on any atom is 0.225 e. The Morgan fingerprint density at radius 1 is 0.867 bits per heavy atom. The molecule has 1 fully saturated rings. The average Bonchev–Trinajstić information content (AvgIpc) is 2.80. The van der Waals surface area contributed by atoms with E-state index in [1.165, 1.54) is 11.8 Å². The van der Waals surface area contributed by atoms with E-state index in [9.17, 15) is 9.18 Å². The number of anilines is 2. The van der Waals surface area contributed by atoms with Crippen molar-refractivity contribution in [1.29, 1.82) is 0 Å².